The summed E-state index contributed by atoms with van der Waals surface area (Å²) in [6, 6.07) is 0. The van der Waals surface area contributed by atoms with Crippen molar-refractivity contribution in [3.05, 3.63) is 24.7 Å². The van der Waals surface area contributed by atoms with Crippen LogP contribution < -0.4 is 0 Å². The Balaban J connectivity index is 2.09. The summed E-state index contributed by atoms with van der Waals surface area (Å²) in [5, 5.41) is 0. The Morgan fingerprint density at radius 3 is 1.80 bits per heavy atom. The van der Waals surface area contributed by atoms with Crippen LogP contribution in [0, 0.1) is 11.8 Å². The number of hydrogen-bond acceptors (Lipinski definition) is 2. The molecule has 0 N–H and O–H groups in total. The van der Waals surface area contributed by atoms with Crippen LogP contribution in [0.2, 0.25) is 0 Å². The van der Waals surface area contributed by atoms with Gasteiger partial charge >= 0.3 is 0 Å². The molecule has 0 aromatic carbocycles. The number of ether oxygens (including phenoxy) is 2. The van der Waals surface area contributed by atoms with Gasteiger partial charge in [-0.3, -0.25) is 0 Å². The number of allylic oxidation sites excluding steroid dienone is 2. The molecule has 0 heterocycles. The Bertz CT molecular complexity index is 187. The van der Waals surface area contributed by atoms with Crippen molar-refractivity contribution in [2.75, 3.05) is 13.2 Å². The van der Waals surface area contributed by atoms with Crippen molar-refractivity contribution in [3.63, 3.8) is 0 Å². The molecule has 1 aliphatic rings. The van der Waals surface area contributed by atoms with E-state index in [0.717, 1.165) is 25.0 Å². The molecule has 0 bridgehead atoms. The lowest BCUT2D eigenvalue weighted by Gasteiger charge is -2.10. The van der Waals surface area contributed by atoms with Crippen LogP contribution in [0.1, 0.15) is 33.1 Å². The average Bonchev–Trinajstić information content (AvgIpc) is 2.67. The highest BCUT2D eigenvalue weighted by Crippen LogP contribution is 2.31. The van der Waals surface area contributed by atoms with Crippen LogP contribution in [0.3, 0.4) is 0 Å². The molecule has 86 valence electrons. The van der Waals surface area contributed by atoms with E-state index in [9.17, 15) is 0 Å². The summed E-state index contributed by atoms with van der Waals surface area (Å²) in [5.74, 6) is 1.45. The van der Waals surface area contributed by atoms with Gasteiger partial charge in [0.15, 0.2) is 0 Å². The first-order valence-corrected chi connectivity index (χ1v) is 5.82. The molecule has 0 aliphatic heterocycles. The summed E-state index contributed by atoms with van der Waals surface area (Å²) in [5.41, 5.74) is 0. The van der Waals surface area contributed by atoms with Gasteiger partial charge in [-0.05, 0) is 44.9 Å². The normalized spacial score (nSPS) is 26.5. The van der Waals surface area contributed by atoms with Crippen LogP contribution in [-0.4, -0.2) is 13.2 Å². The lowest BCUT2D eigenvalue weighted by molar-refractivity contribution is 0.173. The minimum absolute atomic E-state index is 0.723. The van der Waals surface area contributed by atoms with Gasteiger partial charge in [-0.25, -0.2) is 0 Å². The second-order valence-electron chi connectivity index (χ2n) is 4.15. The van der Waals surface area contributed by atoms with Gasteiger partial charge in [-0.1, -0.05) is 12.2 Å². The zero-order valence-corrected chi connectivity index (χ0v) is 9.82. The van der Waals surface area contributed by atoms with Crippen molar-refractivity contribution in [2.24, 2.45) is 11.8 Å². The first-order chi connectivity index (χ1) is 7.36. The summed E-state index contributed by atoms with van der Waals surface area (Å²) in [6.45, 7) is 5.68. The average molecular weight is 210 g/mol. The Labute approximate surface area is 93.0 Å². The smallest absolute Gasteiger partial charge is 0.0901 e. The molecule has 2 nitrogen and oxygen atoms in total. The molecule has 0 spiro atoms. The third-order valence-electron chi connectivity index (χ3n) is 2.78. The molecule has 1 saturated carbocycles. The van der Waals surface area contributed by atoms with Gasteiger partial charge < -0.3 is 9.47 Å². The predicted molar refractivity (Wildman–Crippen MR) is 62.4 cm³/mol. The molecule has 0 radical (unpaired) electrons. The van der Waals surface area contributed by atoms with Crippen LogP contribution >= 0.6 is 0 Å². The molecule has 1 rings (SSSR count). The van der Waals surface area contributed by atoms with E-state index in [1.165, 1.54) is 19.3 Å². The fraction of sp³-hybridized carbons (Fsp3) is 0.692. The molecule has 0 saturated heterocycles. The number of hydrogen-bond donors (Lipinski definition) is 0. The van der Waals surface area contributed by atoms with Crippen LogP contribution in [0.5, 0.6) is 0 Å². The predicted octanol–water partition coefficient (Wildman–Crippen LogP) is 3.50. The standard InChI is InChI=1S/C13H22O2/c1-3-7-14-10-12-5-6-13(9-12)11-15-8-4-2/h3-4,7-8,12-13H,5-6,9-11H2,1-2H3. The van der Waals surface area contributed by atoms with E-state index in [2.05, 4.69) is 0 Å². The van der Waals surface area contributed by atoms with E-state index in [1.807, 2.05) is 26.0 Å². The first kappa shape index (κ1) is 12.2. The third-order valence-corrected chi connectivity index (χ3v) is 2.78. The topological polar surface area (TPSA) is 18.5 Å². The second-order valence-corrected chi connectivity index (χ2v) is 4.15. The Morgan fingerprint density at radius 2 is 1.40 bits per heavy atom. The maximum absolute atomic E-state index is 5.41. The zero-order chi connectivity index (χ0) is 10.9. The van der Waals surface area contributed by atoms with Gasteiger partial charge in [0.1, 0.15) is 0 Å². The highest BCUT2D eigenvalue weighted by molar-refractivity contribution is 4.77. The van der Waals surface area contributed by atoms with Crippen molar-refractivity contribution < 1.29 is 9.47 Å². The minimum Gasteiger partial charge on any atom is -0.501 e. The molecule has 2 heteroatoms. The molecule has 0 aromatic heterocycles. The maximum Gasteiger partial charge on any atom is 0.0901 e. The molecule has 1 fully saturated rings. The summed E-state index contributed by atoms with van der Waals surface area (Å²) < 4.78 is 10.8. The summed E-state index contributed by atoms with van der Waals surface area (Å²) >= 11 is 0. The van der Waals surface area contributed by atoms with Gasteiger partial charge in [0.05, 0.1) is 25.7 Å². The van der Waals surface area contributed by atoms with Gasteiger partial charge in [0, 0.05) is 0 Å². The molecule has 0 amide bonds. The largest absolute Gasteiger partial charge is 0.501 e. The second kappa shape index (κ2) is 7.38. The fourth-order valence-corrected chi connectivity index (χ4v) is 2.06. The molecule has 0 aromatic rings. The van der Waals surface area contributed by atoms with Gasteiger partial charge in [0.2, 0.25) is 0 Å². The van der Waals surface area contributed by atoms with Crippen LogP contribution in [0.15, 0.2) is 24.7 Å². The van der Waals surface area contributed by atoms with Gasteiger partial charge in [0.25, 0.3) is 0 Å². The van der Waals surface area contributed by atoms with Crippen LogP contribution in [-0.2, 0) is 9.47 Å². The fourth-order valence-electron chi connectivity index (χ4n) is 2.06. The lowest BCUT2D eigenvalue weighted by atomic mass is 10.1. The van der Waals surface area contributed by atoms with Crippen molar-refractivity contribution in [1.82, 2.24) is 0 Å². The molecule has 2 unspecified atom stereocenters. The third kappa shape index (κ3) is 4.91. The molecule has 15 heavy (non-hydrogen) atoms. The molecular formula is C13H22O2. The number of rotatable bonds is 6. The molecular weight excluding hydrogens is 188 g/mol. The Hall–Kier alpha value is -0.920. The maximum atomic E-state index is 5.41. The Morgan fingerprint density at radius 1 is 0.933 bits per heavy atom. The summed E-state index contributed by atoms with van der Waals surface area (Å²) in [6.07, 6.45) is 11.2. The zero-order valence-electron chi connectivity index (χ0n) is 9.82. The van der Waals surface area contributed by atoms with Crippen molar-refractivity contribution in [2.45, 2.75) is 33.1 Å². The molecule has 2 atom stereocenters. The van der Waals surface area contributed by atoms with E-state index in [4.69, 9.17) is 9.47 Å². The Kier molecular flexibility index (Phi) is 5.98. The first-order valence-electron chi connectivity index (χ1n) is 5.82. The van der Waals surface area contributed by atoms with Crippen molar-refractivity contribution >= 4 is 0 Å². The molecule has 1 aliphatic carbocycles. The minimum atomic E-state index is 0.723. The highest BCUT2D eigenvalue weighted by Gasteiger charge is 2.24. The van der Waals surface area contributed by atoms with E-state index in [-0.39, 0.29) is 0 Å². The monoisotopic (exact) mass is 210 g/mol. The summed E-state index contributed by atoms with van der Waals surface area (Å²) in [4.78, 5) is 0. The SMILES string of the molecule is CC=COCC1CCC(COC=CC)C1. The van der Waals surface area contributed by atoms with Crippen LogP contribution in [0.4, 0.5) is 0 Å². The van der Waals surface area contributed by atoms with Crippen LogP contribution in [0.25, 0.3) is 0 Å². The highest BCUT2D eigenvalue weighted by atomic mass is 16.5. The van der Waals surface area contributed by atoms with Crippen molar-refractivity contribution in [1.29, 1.82) is 0 Å². The lowest BCUT2D eigenvalue weighted by Crippen LogP contribution is -2.06. The van der Waals surface area contributed by atoms with E-state index in [1.54, 1.807) is 12.5 Å². The van der Waals surface area contributed by atoms with E-state index < -0.39 is 0 Å². The van der Waals surface area contributed by atoms with Gasteiger partial charge in [-0.2, -0.15) is 0 Å². The van der Waals surface area contributed by atoms with E-state index >= 15 is 0 Å². The summed E-state index contributed by atoms with van der Waals surface area (Å²) in [7, 11) is 0. The van der Waals surface area contributed by atoms with Gasteiger partial charge in [-0.15, -0.1) is 0 Å². The van der Waals surface area contributed by atoms with E-state index in [0.29, 0.717) is 0 Å². The quantitative estimate of drug-likeness (QED) is 0.625. The van der Waals surface area contributed by atoms with Crippen molar-refractivity contribution in [3.8, 4) is 0 Å².